The van der Waals surface area contributed by atoms with Gasteiger partial charge in [0.15, 0.2) is 6.40 Å². The van der Waals surface area contributed by atoms with E-state index in [9.17, 15) is 14.9 Å². The van der Waals surface area contributed by atoms with Gasteiger partial charge in [-0.1, -0.05) is 10.8 Å². The molecule has 0 saturated carbocycles. The Hall–Kier alpha value is -1.28. The van der Waals surface area contributed by atoms with Crippen LogP contribution in [0.15, 0.2) is 23.4 Å². The molecular weight excluding hydrogens is 252 g/mol. The number of ether oxygens (including phenoxy) is 1. The first-order valence-electron chi connectivity index (χ1n) is 4.63. The van der Waals surface area contributed by atoms with Crippen molar-refractivity contribution in [2.45, 2.75) is 5.03 Å². The average Bonchev–Trinajstić information content (AvgIpc) is 2.28. The number of pyridine rings is 1. The molecule has 1 heterocycles. The first kappa shape index (κ1) is 11.2. The third-order valence-electron chi connectivity index (χ3n) is 1.41. The van der Waals surface area contributed by atoms with Crippen molar-refractivity contribution >= 4 is 33.7 Å². The molecule has 0 aliphatic carbocycles. The summed E-state index contributed by atoms with van der Waals surface area (Å²) in [6.45, 7) is 0.0978. The maximum atomic E-state index is 10.6. The number of carbonyl (C=O) groups is 1. The van der Waals surface area contributed by atoms with E-state index < -0.39 is 11.4 Å². The van der Waals surface area contributed by atoms with E-state index in [-0.39, 0.29) is 12.3 Å². The van der Waals surface area contributed by atoms with Crippen molar-refractivity contribution in [2.75, 3.05) is 12.4 Å². The lowest BCUT2D eigenvalue weighted by Crippen LogP contribution is -1.94. The second kappa shape index (κ2) is 7.07. The van der Waals surface area contributed by atoms with Crippen molar-refractivity contribution in [1.82, 2.24) is 4.98 Å². The van der Waals surface area contributed by atoms with Crippen LogP contribution < -0.4 is 0 Å². The van der Waals surface area contributed by atoms with Crippen molar-refractivity contribution < 1.29 is 15.8 Å². The highest BCUT2D eigenvalue weighted by Gasteiger charge is 2.14. The van der Waals surface area contributed by atoms with Crippen molar-refractivity contribution in [3.63, 3.8) is 0 Å². The topological polar surface area (TPSA) is 82.3 Å². The summed E-state index contributed by atoms with van der Waals surface area (Å²) in [6.07, 6.45) is 0.388. The minimum absolute atomic E-state index is 0.0533. The minimum atomic E-state index is -1.08. The summed E-state index contributed by atoms with van der Waals surface area (Å²) in [5.41, 5.74) is -0.0533. The molecule has 0 N–H and O–H groups in total. The van der Waals surface area contributed by atoms with E-state index in [4.69, 9.17) is 1.37 Å². The van der Waals surface area contributed by atoms with Crippen molar-refractivity contribution in [1.29, 1.82) is 0 Å². The molecule has 1 aromatic heterocycles. The normalized spacial score (nSPS) is 10.6. The molecule has 0 amide bonds. The van der Waals surface area contributed by atoms with Gasteiger partial charge in [0.05, 0.1) is 4.92 Å². The Labute approximate surface area is 101 Å². The molecule has 0 spiro atoms. The fourth-order valence-corrected chi connectivity index (χ4v) is 2.65. The first-order chi connectivity index (χ1) is 8.11. The van der Waals surface area contributed by atoms with Gasteiger partial charge in [0, 0.05) is 18.0 Å². The van der Waals surface area contributed by atoms with Gasteiger partial charge >= 0.3 is 5.69 Å². The molecule has 0 unspecified atom stereocenters. The molecule has 86 valence electrons. The fraction of sp³-hybridized carbons (Fsp3) is 0.250. The van der Waals surface area contributed by atoms with E-state index >= 15 is 0 Å². The molecular formula is C8H8N2O4S2. The van der Waals surface area contributed by atoms with E-state index in [1.807, 2.05) is 0 Å². The Morgan fingerprint density at radius 2 is 2.56 bits per heavy atom. The summed E-state index contributed by atoms with van der Waals surface area (Å²) >= 11 is 0. The number of carbonyl (C=O) groups excluding carboxylic acids is 1. The quantitative estimate of drug-likeness (QED) is 0.254. The third kappa shape index (κ3) is 4.07. The van der Waals surface area contributed by atoms with E-state index in [1.54, 1.807) is 0 Å². The lowest BCUT2D eigenvalue weighted by Gasteiger charge is -2.00. The van der Waals surface area contributed by atoms with Crippen molar-refractivity contribution in [2.24, 2.45) is 0 Å². The zero-order chi connectivity index (χ0) is 12.7. The number of nitrogens with zero attached hydrogens (tertiary/aromatic N) is 2. The van der Waals surface area contributed by atoms with Crippen LogP contribution in [0.1, 0.15) is 1.37 Å². The number of aromatic nitrogens is 1. The average molecular weight is 261 g/mol. The van der Waals surface area contributed by atoms with Crippen LogP contribution in [-0.2, 0) is 9.53 Å². The number of nitro groups is 1. The lowest BCUT2D eigenvalue weighted by molar-refractivity contribution is -0.388. The summed E-state index contributed by atoms with van der Waals surface area (Å²) in [4.78, 5) is 24.2. The van der Waals surface area contributed by atoms with Crippen LogP contribution in [0.25, 0.3) is 0 Å². The monoisotopic (exact) mass is 261 g/mol. The van der Waals surface area contributed by atoms with Gasteiger partial charge in [0.25, 0.3) is 6.45 Å². The summed E-state index contributed by atoms with van der Waals surface area (Å²) in [5, 5.41) is 11.0. The summed E-state index contributed by atoms with van der Waals surface area (Å²) in [6, 6.07) is 2.87. The van der Waals surface area contributed by atoms with Gasteiger partial charge in [-0.2, -0.15) is 0 Å². The minimum Gasteiger partial charge on any atom is -0.467 e. The highest BCUT2D eigenvalue weighted by Crippen LogP contribution is 2.34. The molecule has 0 aliphatic rings. The summed E-state index contributed by atoms with van der Waals surface area (Å²) in [7, 11) is 2.41. The number of hydrogen-bond donors (Lipinski definition) is 0. The number of rotatable bonds is 6. The molecule has 1 aromatic rings. The Kier molecular flexibility index (Phi) is 4.95. The van der Waals surface area contributed by atoms with Crippen LogP contribution in [0.3, 0.4) is 0 Å². The smallest absolute Gasteiger partial charge is 0.302 e. The second-order valence-corrected chi connectivity index (χ2v) is 4.83. The Morgan fingerprint density at radius 1 is 1.75 bits per heavy atom. The van der Waals surface area contributed by atoms with Gasteiger partial charge in [-0.15, -0.1) is 0 Å². The van der Waals surface area contributed by atoms with Crippen LogP contribution in [0.2, 0.25) is 0 Å². The maximum absolute atomic E-state index is 10.6. The van der Waals surface area contributed by atoms with Crippen LogP contribution in [0.5, 0.6) is 0 Å². The van der Waals surface area contributed by atoms with Crippen molar-refractivity contribution in [3.05, 3.63) is 28.4 Å². The molecule has 8 heteroatoms. The molecule has 0 aliphatic heterocycles. The fourth-order valence-electron chi connectivity index (χ4n) is 0.800. The highest BCUT2D eigenvalue weighted by molar-refractivity contribution is 8.76. The summed E-state index contributed by atoms with van der Waals surface area (Å²) in [5.74, 6) is 0.434. The number of hydrogen-bond acceptors (Lipinski definition) is 7. The van der Waals surface area contributed by atoms with Gasteiger partial charge in [0.2, 0.25) is 0 Å². The molecule has 0 radical (unpaired) electrons. The molecule has 0 aromatic carbocycles. The highest BCUT2D eigenvalue weighted by atomic mass is 33.1. The predicted molar refractivity (Wildman–Crippen MR) is 61.2 cm³/mol. The lowest BCUT2D eigenvalue weighted by atomic mass is 10.4. The van der Waals surface area contributed by atoms with Gasteiger partial charge in [0.1, 0.15) is 6.61 Å². The Bertz CT molecular complexity index is 418. The molecule has 16 heavy (non-hydrogen) atoms. The third-order valence-corrected chi connectivity index (χ3v) is 3.66. The summed E-state index contributed by atoms with van der Waals surface area (Å²) < 4.78 is 10.9. The van der Waals surface area contributed by atoms with Crippen LogP contribution in [-0.4, -0.2) is 28.7 Å². The molecule has 0 bridgehead atoms. The van der Waals surface area contributed by atoms with Gasteiger partial charge < -0.3 is 4.74 Å². The molecule has 0 fully saturated rings. The van der Waals surface area contributed by atoms with Crippen molar-refractivity contribution in [3.8, 4) is 0 Å². The van der Waals surface area contributed by atoms with E-state index in [0.29, 0.717) is 10.8 Å². The Balaban J connectivity index is 2.41. The Morgan fingerprint density at radius 3 is 3.25 bits per heavy atom. The van der Waals surface area contributed by atoms with E-state index in [2.05, 4.69) is 9.72 Å². The van der Waals surface area contributed by atoms with Crippen LogP contribution in [0, 0.1) is 10.1 Å². The molecule has 1 rings (SSSR count). The molecule has 0 atom stereocenters. The second-order valence-electron chi connectivity index (χ2n) is 2.42. The SMILES string of the molecule is [2H]C(=O)OCCSSc1ncccc1[N+](=O)[O-]. The molecule has 6 nitrogen and oxygen atoms in total. The van der Waals surface area contributed by atoms with Crippen LogP contribution in [0.4, 0.5) is 5.69 Å². The molecule has 0 saturated heterocycles. The maximum Gasteiger partial charge on any atom is 0.302 e. The van der Waals surface area contributed by atoms with Gasteiger partial charge in [-0.05, 0) is 16.9 Å². The van der Waals surface area contributed by atoms with E-state index in [1.165, 1.54) is 29.1 Å². The van der Waals surface area contributed by atoms with Gasteiger partial charge in [-0.25, -0.2) is 4.98 Å². The first-order valence-corrected chi connectivity index (χ1v) is 6.45. The van der Waals surface area contributed by atoms with Gasteiger partial charge in [-0.3, -0.25) is 14.9 Å². The van der Waals surface area contributed by atoms with E-state index in [0.717, 1.165) is 10.8 Å². The van der Waals surface area contributed by atoms with Crippen LogP contribution >= 0.6 is 21.6 Å². The largest absolute Gasteiger partial charge is 0.467 e. The zero-order valence-corrected chi connectivity index (χ0v) is 9.62. The predicted octanol–water partition coefficient (Wildman–Crippen LogP) is 1.90. The standard InChI is InChI=1S/C8H8N2O4S2/c11-6-14-4-5-15-16-8-7(10(12)13)2-1-3-9-8/h1-3,6H,4-5H2/i6D. The zero-order valence-electron chi connectivity index (χ0n) is 8.99.